The van der Waals surface area contributed by atoms with E-state index < -0.39 is 18.0 Å². The van der Waals surface area contributed by atoms with Crippen molar-refractivity contribution in [1.29, 1.82) is 0 Å². The molecule has 1 aromatic heterocycles. The number of rotatable bonds is 13. The fourth-order valence-electron chi connectivity index (χ4n) is 7.10. The number of benzene rings is 4. The Labute approximate surface area is 323 Å². The molecule has 0 aliphatic carbocycles. The summed E-state index contributed by atoms with van der Waals surface area (Å²) in [5, 5.41) is 17.3. The van der Waals surface area contributed by atoms with Crippen LogP contribution in [0.3, 0.4) is 0 Å². The number of amides is 2. The number of aliphatic hydroxyl groups excluding tert-OH is 1. The van der Waals surface area contributed by atoms with Crippen LogP contribution in [0, 0.1) is 11.8 Å². The summed E-state index contributed by atoms with van der Waals surface area (Å²) in [5.74, 6) is -1.11. The summed E-state index contributed by atoms with van der Waals surface area (Å²) in [7, 11) is 0. The second-order valence-electron chi connectivity index (χ2n) is 14.4. The number of aromatic amines is 1. The molecular formula is C46H51N3O6. The average molecular weight is 742 g/mol. The van der Waals surface area contributed by atoms with Gasteiger partial charge in [-0.25, -0.2) is 0 Å². The van der Waals surface area contributed by atoms with Crippen molar-refractivity contribution in [3.8, 4) is 5.75 Å². The molecule has 2 amide bonds. The van der Waals surface area contributed by atoms with Crippen LogP contribution < -0.4 is 15.4 Å². The third-order valence-electron chi connectivity index (χ3n) is 10.1. The Morgan fingerprint density at radius 1 is 0.836 bits per heavy atom. The van der Waals surface area contributed by atoms with Gasteiger partial charge in [0.2, 0.25) is 11.8 Å². The van der Waals surface area contributed by atoms with Crippen molar-refractivity contribution in [3.05, 3.63) is 150 Å². The summed E-state index contributed by atoms with van der Waals surface area (Å²) in [6.07, 6.45) is 9.89. The van der Waals surface area contributed by atoms with Crippen molar-refractivity contribution in [2.24, 2.45) is 11.8 Å². The SMILES string of the molecule is O=C(C[C@H]1CC=CCCC[C@H](Cc2ccccc2)C(=O)OC[C@H](Cc2c[nH]c3ccccc23)NC1=O)N[C@H](CO)Cc1ccc(OCc2ccccc2)cc1. The van der Waals surface area contributed by atoms with Crippen molar-refractivity contribution in [3.63, 3.8) is 0 Å². The van der Waals surface area contributed by atoms with Gasteiger partial charge < -0.3 is 30.2 Å². The molecule has 9 nitrogen and oxygen atoms in total. The quantitative estimate of drug-likeness (QED) is 0.0758. The molecule has 6 rings (SSSR count). The second kappa shape index (κ2) is 20.1. The minimum absolute atomic E-state index is 0.00674. The number of aliphatic hydroxyl groups is 1. The number of carbonyl (C=O) groups excluding carboxylic acids is 3. The lowest BCUT2D eigenvalue weighted by Crippen LogP contribution is -2.45. The highest BCUT2D eigenvalue weighted by Crippen LogP contribution is 2.23. The molecular weight excluding hydrogens is 691 g/mol. The molecule has 1 aliphatic heterocycles. The minimum Gasteiger partial charge on any atom is -0.489 e. The highest BCUT2D eigenvalue weighted by molar-refractivity contribution is 5.87. The lowest BCUT2D eigenvalue weighted by Gasteiger charge is -2.24. The second-order valence-corrected chi connectivity index (χ2v) is 14.4. The van der Waals surface area contributed by atoms with Crippen LogP contribution in [0.4, 0.5) is 0 Å². The molecule has 0 bridgehead atoms. The van der Waals surface area contributed by atoms with Crippen LogP contribution in [0.25, 0.3) is 10.9 Å². The van der Waals surface area contributed by atoms with E-state index in [1.54, 1.807) is 0 Å². The zero-order valence-corrected chi connectivity index (χ0v) is 31.2. The third-order valence-corrected chi connectivity index (χ3v) is 10.1. The number of ether oxygens (including phenoxy) is 2. The smallest absolute Gasteiger partial charge is 0.309 e. The Morgan fingerprint density at radius 2 is 1.56 bits per heavy atom. The molecule has 4 aromatic carbocycles. The van der Waals surface area contributed by atoms with Gasteiger partial charge in [-0.05, 0) is 85.4 Å². The molecule has 286 valence electrons. The number of nitrogens with one attached hydrogen (secondary N) is 3. The van der Waals surface area contributed by atoms with Gasteiger partial charge in [0.25, 0.3) is 0 Å². The van der Waals surface area contributed by atoms with Crippen molar-refractivity contribution < 1.29 is 29.0 Å². The molecule has 5 aromatic rings. The zero-order valence-electron chi connectivity index (χ0n) is 31.2. The van der Waals surface area contributed by atoms with Gasteiger partial charge in [0, 0.05) is 23.5 Å². The van der Waals surface area contributed by atoms with E-state index in [1.165, 1.54) is 0 Å². The van der Waals surface area contributed by atoms with Gasteiger partial charge in [0.15, 0.2) is 0 Å². The van der Waals surface area contributed by atoms with Gasteiger partial charge in [-0.2, -0.15) is 0 Å². The number of hydrogen-bond donors (Lipinski definition) is 4. The molecule has 1 aliphatic rings. The molecule has 4 atom stereocenters. The van der Waals surface area contributed by atoms with E-state index in [2.05, 4.69) is 15.6 Å². The average Bonchev–Trinajstić information content (AvgIpc) is 3.62. The van der Waals surface area contributed by atoms with Gasteiger partial charge in [-0.1, -0.05) is 103 Å². The summed E-state index contributed by atoms with van der Waals surface area (Å²) in [5.41, 5.74) is 5.07. The predicted molar refractivity (Wildman–Crippen MR) is 214 cm³/mol. The molecule has 4 N–H and O–H groups in total. The van der Waals surface area contributed by atoms with E-state index in [4.69, 9.17) is 9.47 Å². The van der Waals surface area contributed by atoms with Crippen molar-refractivity contribution in [2.75, 3.05) is 13.2 Å². The van der Waals surface area contributed by atoms with Crippen molar-refractivity contribution in [2.45, 2.75) is 70.1 Å². The van der Waals surface area contributed by atoms with Gasteiger partial charge in [-0.3, -0.25) is 14.4 Å². The maximum atomic E-state index is 14.0. The molecule has 0 unspecified atom stereocenters. The number of aromatic nitrogens is 1. The fourth-order valence-corrected chi connectivity index (χ4v) is 7.10. The van der Waals surface area contributed by atoms with E-state index in [1.807, 2.05) is 128 Å². The summed E-state index contributed by atoms with van der Waals surface area (Å²) in [6.45, 7) is 0.217. The van der Waals surface area contributed by atoms with Crippen LogP contribution >= 0.6 is 0 Å². The van der Waals surface area contributed by atoms with Gasteiger partial charge in [0.05, 0.1) is 30.5 Å². The molecule has 0 saturated heterocycles. The summed E-state index contributed by atoms with van der Waals surface area (Å²) in [6, 6.07) is 34.4. The Hall–Kier alpha value is -5.67. The van der Waals surface area contributed by atoms with Crippen LogP contribution in [0.15, 0.2) is 128 Å². The lowest BCUT2D eigenvalue weighted by atomic mass is 9.93. The normalized spacial score (nSPS) is 18.8. The highest BCUT2D eigenvalue weighted by Gasteiger charge is 2.28. The first-order valence-corrected chi connectivity index (χ1v) is 19.3. The number of para-hydroxylation sites is 1. The minimum atomic E-state index is -0.661. The van der Waals surface area contributed by atoms with Gasteiger partial charge >= 0.3 is 5.97 Å². The third kappa shape index (κ3) is 11.9. The van der Waals surface area contributed by atoms with Gasteiger partial charge in [-0.15, -0.1) is 0 Å². The molecule has 55 heavy (non-hydrogen) atoms. The monoisotopic (exact) mass is 741 g/mol. The Kier molecular flexibility index (Phi) is 14.3. The van der Waals surface area contributed by atoms with E-state index >= 15 is 0 Å². The van der Waals surface area contributed by atoms with Crippen molar-refractivity contribution in [1.82, 2.24) is 15.6 Å². The Morgan fingerprint density at radius 3 is 2.33 bits per heavy atom. The van der Waals surface area contributed by atoms with E-state index in [0.29, 0.717) is 38.7 Å². The predicted octanol–water partition coefficient (Wildman–Crippen LogP) is 7.03. The topological polar surface area (TPSA) is 130 Å². The summed E-state index contributed by atoms with van der Waals surface area (Å²) in [4.78, 5) is 44.3. The fraction of sp³-hybridized carbons (Fsp3) is 0.326. The first-order valence-electron chi connectivity index (χ1n) is 19.3. The molecule has 9 heteroatoms. The number of esters is 1. The van der Waals surface area contributed by atoms with E-state index in [-0.39, 0.29) is 43.3 Å². The summed E-state index contributed by atoms with van der Waals surface area (Å²) >= 11 is 0. The lowest BCUT2D eigenvalue weighted by molar-refractivity contribution is -0.150. The standard InChI is InChI=1S/C46H51N3O6/c50-30-39(26-34-21-23-41(24-22-34)54-31-35-15-7-4-8-16-35)48-44(51)28-36-17-9-1-2-10-18-37(25-33-13-5-3-6-14-33)46(53)55-32-40(49-45(36)52)27-38-29-47-43-20-12-11-19-42(38)43/h1,3-9,11-16,19-24,29,36-37,39-40,47,50H,2,10,17-18,25-28,30-32H2,(H,48,51)(H,49,52)/t36-,37-,39+,40+/m1/s1. The number of hydrogen-bond acceptors (Lipinski definition) is 6. The van der Waals surface area contributed by atoms with E-state index in [9.17, 15) is 19.5 Å². The molecule has 0 spiro atoms. The van der Waals surface area contributed by atoms with Crippen LogP contribution in [0.5, 0.6) is 5.75 Å². The number of fused-ring (bicyclic) bond motifs is 1. The highest BCUT2D eigenvalue weighted by atomic mass is 16.5. The number of cyclic esters (lactones) is 1. The zero-order chi connectivity index (χ0) is 38.2. The Balaban J connectivity index is 1.11. The molecule has 0 radical (unpaired) electrons. The summed E-state index contributed by atoms with van der Waals surface area (Å²) < 4.78 is 11.9. The maximum Gasteiger partial charge on any atom is 0.309 e. The first kappa shape index (κ1) is 39.0. The number of allylic oxidation sites excluding steroid dienone is 2. The van der Waals surface area contributed by atoms with Crippen LogP contribution in [0.1, 0.15) is 54.4 Å². The Bertz CT molecular complexity index is 1990. The van der Waals surface area contributed by atoms with Crippen LogP contribution in [-0.2, 0) is 45.0 Å². The maximum absolute atomic E-state index is 14.0. The first-order chi connectivity index (χ1) is 26.9. The van der Waals surface area contributed by atoms with E-state index in [0.717, 1.165) is 51.7 Å². The number of H-pyrrole nitrogens is 1. The molecule has 0 fully saturated rings. The van der Waals surface area contributed by atoms with Crippen LogP contribution in [-0.4, -0.2) is 53.2 Å². The van der Waals surface area contributed by atoms with Crippen LogP contribution in [0.2, 0.25) is 0 Å². The molecule has 0 saturated carbocycles. The van der Waals surface area contributed by atoms with Gasteiger partial charge in [0.1, 0.15) is 19.0 Å². The van der Waals surface area contributed by atoms with Crippen molar-refractivity contribution >= 4 is 28.7 Å². The molecule has 2 heterocycles. The number of carbonyl (C=O) groups is 3. The largest absolute Gasteiger partial charge is 0.489 e.